The van der Waals surface area contributed by atoms with Crippen molar-refractivity contribution in [3.05, 3.63) is 67.3 Å². The van der Waals surface area contributed by atoms with Crippen LogP contribution >= 0.6 is 0 Å². The minimum Gasteiger partial charge on any atom is -0.337 e. The zero-order chi connectivity index (χ0) is 17.6. The third-order valence-corrected chi connectivity index (χ3v) is 4.27. The largest absolute Gasteiger partial charge is 0.337 e. The molecule has 128 valence electrons. The number of hydrogen-bond donors (Lipinski definition) is 2. The predicted molar refractivity (Wildman–Crippen MR) is 99.2 cm³/mol. The van der Waals surface area contributed by atoms with E-state index in [9.17, 15) is 9.59 Å². The Bertz CT molecular complexity index is 774. The Balaban J connectivity index is 1.65. The van der Waals surface area contributed by atoms with Gasteiger partial charge in [0.2, 0.25) is 5.91 Å². The zero-order valence-electron chi connectivity index (χ0n) is 13.9. The molecule has 2 aromatic carbocycles. The van der Waals surface area contributed by atoms with Crippen molar-refractivity contribution in [3.8, 4) is 11.1 Å². The fourth-order valence-electron chi connectivity index (χ4n) is 3.01. The van der Waals surface area contributed by atoms with E-state index in [0.29, 0.717) is 13.1 Å². The van der Waals surface area contributed by atoms with Crippen LogP contribution in [-0.2, 0) is 4.79 Å². The molecule has 2 N–H and O–H groups in total. The summed E-state index contributed by atoms with van der Waals surface area (Å²) in [5.74, 6) is -0.0980. The third-order valence-electron chi connectivity index (χ3n) is 4.27. The fraction of sp³-hybridized carbons (Fsp3) is 0.200. The lowest BCUT2D eigenvalue weighted by molar-refractivity contribution is -0.125. The van der Waals surface area contributed by atoms with Crippen LogP contribution in [0.3, 0.4) is 0 Å². The van der Waals surface area contributed by atoms with Crippen molar-refractivity contribution in [3.63, 3.8) is 0 Å². The quantitative estimate of drug-likeness (QED) is 0.843. The van der Waals surface area contributed by atoms with Crippen molar-refractivity contribution in [1.29, 1.82) is 0 Å². The first kappa shape index (κ1) is 16.8. The van der Waals surface area contributed by atoms with Gasteiger partial charge in [0.05, 0.1) is 5.69 Å². The van der Waals surface area contributed by atoms with E-state index in [1.807, 2.05) is 54.6 Å². The number of carbonyl (C=O) groups is 2. The van der Waals surface area contributed by atoms with Crippen LogP contribution in [-0.4, -0.2) is 36.0 Å². The molecule has 0 aromatic heterocycles. The average Bonchev–Trinajstić information content (AvgIpc) is 3.10. The summed E-state index contributed by atoms with van der Waals surface area (Å²) in [5.41, 5.74) is 2.76. The molecule has 1 aliphatic heterocycles. The minimum atomic E-state index is -0.263. The summed E-state index contributed by atoms with van der Waals surface area (Å²) in [4.78, 5) is 25.7. The SMILES string of the molecule is C=CC(=O)N1CC[C@@H](NC(=O)Nc2ccccc2-c2ccccc2)C1. The molecule has 1 fully saturated rings. The highest BCUT2D eigenvalue weighted by Gasteiger charge is 2.26. The maximum absolute atomic E-state index is 12.4. The topological polar surface area (TPSA) is 61.4 Å². The van der Waals surface area contributed by atoms with Crippen LogP contribution in [0, 0.1) is 0 Å². The van der Waals surface area contributed by atoms with Crippen LogP contribution in [0.4, 0.5) is 10.5 Å². The molecule has 5 heteroatoms. The normalized spacial score (nSPS) is 16.3. The summed E-state index contributed by atoms with van der Waals surface area (Å²) in [7, 11) is 0. The molecule has 0 aliphatic carbocycles. The van der Waals surface area contributed by atoms with Gasteiger partial charge in [-0.05, 0) is 24.1 Å². The minimum absolute atomic E-state index is 0.0483. The zero-order valence-corrected chi connectivity index (χ0v) is 13.9. The summed E-state index contributed by atoms with van der Waals surface area (Å²) in [6, 6.07) is 17.3. The molecule has 5 nitrogen and oxygen atoms in total. The number of amides is 3. The molecule has 0 bridgehead atoms. The van der Waals surface area contributed by atoms with Gasteiger partial charge >= 0.3 is 6.03 Å². The van der Waals surface area contributed by atoms with Crippen molar-refractivity contribution in [2.24, 2.45) is 0 Å². The molecule has 25 heavy (non-hydrogen) atoms. The Kier molecular flexibility index (Phi) is 5.14. The number of hydrogen-bond acceptors (Lipinski definition) is 2. The second-order valence-corrected chi connectivity index (χ2v) is 5.98. The Morgan fingerprint density at radius 1 is 1.08 bits per heavy atom. The lowest BCUT2D eigenvalue weighted by Crippen LogP contribution is -2.40. The Morgan fingerprint density at radius 2 is 1.80 bits per heavy atom. The van der Waals surface area contributed by atoms with E-state index in [2.05, 4.69) is 17.2 Å². The summed E-state index contributed by atoms with van der Waals surface area (Å²) in [6.07, 6.45) is 2.05. The lowest BCUT2D eigenvalue weighted by atomic mass is 10.0. The molecule has 1 heterocycles. The number of rotatable bonds is 4. The smallest absolute Gasteiger partial charge is 0.319 e. The molecule has 0 spiro atoms. The van der Waals surface area contributed by atoms with E-state index in [0.717, 1.165) is 23.2 Å². The first-order valence-corrected chi connectivity index (χ1v) is 8.30. The van der Waals surface area contributed by atoms with Crippen molar-refractivity contribution >= 4 is 17.6 Å². The van der Waals surface area contributed by atoms with Gasteiger partial charge in [0, 0.05) is 24.7 Å². The highest BCUT2D eigenvalue weighted by atomic mass is 16.2. The van der Waals surface area contributed by atoms with E-state index in [1.165, 1.54) is 6.08 Å². The van der Waals surface area contributed by atoms with Gasteiger partial charge in [0.1, 0.15) is 0 Å². The maximum atomic E-state index is 12.4. The number of anilines is 1. The highest BCUT2D eigenvalue weighted by molar-refractivity contribution is 5.94. The van der Waals surface area contributed by atoms with E-state index < -0.39 is 0 Å². The Morgan fingerprint density at radius 3 is 2.56 bits per heavy atom. The molecule has 0 radical (unpaired) electrons. The number of para-hydroxylation sites is 1. The first-order chi connectivity index (χ1) is 12.2. The second kappa shape index (κ2) is 7.66. The van der Waals surface area contributed by atoms with Crippen LogP contribution in [0.1, 0.15) is 6.42 Å². The van der Waals surface area contributed by atoms with Crippen molar-refractivity contribution < 1.29 is 9.59 Å². The summed E-state index contributed by atoms with van der Waals surface area (Å²) in [5, 5.41) is 5.86. The number of nitrogens with one attached hydrogen (secondary N) is 2. The Labute approximate surface area is 147 Å². The van der Waals surface area contributed by atoms with Crippen molar-refractivity contribution in [2.75, 3.05) is 18.4 Å². The predicted octanol–water partition coefficient (Wildman–Crippen LogP) is 3.26. The molecule has 3 rings (SSSR count). The van der Waals surface area contributed by atoms with E-state index in [1.54, 1.807) is 4.90 Å². The van der Waals surface area contributed by atoms with Gasteiger partial charge in [-0.3, -0.25) is 4.79 Å². The molecular weight excluding hydrogens is 314 g/mol. The highest BCUT2D eigenvalue weighted by Crippen LogP contribution is 2.27. The molecule has 1 atom stereocenters. The summed E-state index contributed by atoms with van der Waals surface area (Å²) < 4.78 is 0. The number of benzene rings is 2. The fourth-order valence-corrected chi connectivity index (χ4v) is 3.01. The third kappa shape index (κ3) is 4.07. The average molecular weight is 335 g/mol. The number of likely N-dealkylation sites (tertiary alicyclic amines) is 1. The number of carbonyl (C=O) groups excluding carboxylic acids is 2. The monoisotopic (exact) mass is 335 g/mol. The van der Waals surface area contributed by atoms with Crippen LogP contribution in [0.5, 0.6) is 0 Å². The van der Waals surface area contributed by atoms with Gasteiger partial charge in [-0.15, -0.1) is 0 Å². The van der Waals surface area contributed by atoms with E-state index >= 15 is 0 Å². The molecule has 3 amide bonds. The lowest BCUT2D eigenvalue weighted by Gasteiger charge is -2.17. The molecule has 1 saturated heterocycles. The van der Waals surface area contributed by atoms with Crippen LogP contribution in [0.2, 0.25) is 0 Å². The van der Waals surface area contributed by atoms with Crippen molar-refractivity contribution in [1.82, 2.24) is 10.2 Å². The second-order valence-electron chi connectivity index (χ2n) is 5.98. The molecule has 1 aliphatic rings. The summed E-state index contributed by atoms with van der Waals surface area (Å²) >= 11 is 0. The standard InChI is InChI=1S/C20H21N3O2/c1-2-19(24)23-13-12-16(14-23)21-20(25)22-18-11-7-6-10-17(18)15-8-4-3-5-9-15/h2-11,16H,1,12-14H2,(H2,21,22,25)/t16-/m1/s1. The van der Waals surface area contributed by atoms with Crippen LogP contribution < -0.4 is 10.6 Å². The Hall–Kier alpha value is -3.08. The van der Waals surface area contributed by atoms with Crippen LogP contribution in [0.25, 0.3) is 11.1 Å². The number of urea groups is 1. The van der Waals surface area contributed by atoms with Crippen LogP contribution in [0.15, 0.2) is 67.3 Å². The van der Waals surface area contributed by atoms with Gasteiger partial charge in [0.15, 0.2) is 0 Å². The molecular formula is C20H21N3O2. The van der Waals surface area contributed by atoms with Gasteiger partial charge in [-0.25, -0.2) is 4.79 Å². The number of nitrogens with zero attached hydrogens (tertiary/aromatic N) is 1. The van der Waals surface area contributed by atoms with E-state index in [4.69, 9.17) is 0 Å². The van der Waals surface area contributed by atoms with Crippen molar-refractivity contribution in [2.45, 2.75) is 12.5 Å². The van der Waals surface area contributed by atoms with Gasteiger partial charge in [0.25, 0.3) is 0 Å². The van der Waals surface area contributed by atoms with Gasteiger partial charge in [-0.2, -0.15) is 0 Å². The maximum Gasteiger partial charge on any atom is 0.319 e. The molecule has 0 unspecified atom stereocenters. The summed E-state index contributed by atoms with van der Waals surface area (Å²) in [6.45, 7) is 4.64. The van der Waals surface area contributed by atoms with E-state index in [-0.39, 0.29) is 18.0 Å². The molecule has 0 saturated carbocycles. The molecule has 2 aromatic rings. The van der Waals surface area contributed by atoms with Gasteiger partial charge < -0.3 is 15.5 Å². The van der Waals surface area contributed by atoms with Gasteiger partial charge in [-0.1, -0.05) is 55.1 Å². The first-order valence-electron chi connectivity index (χ1n) is 8.30.